The number of ether oxygens (including phenoxy) is 1. The number of benzene rings is 2. The van der Waals surface area contributed by atoms with Gasteiger partial charge in [0.2, 0.25) is 0 Å². The van der Waals surface area contributed by atoms with Gasteiger partial charge in [0, 0.05) is 36.8 Å². The van der Waals surface area contributed by atoms with Gasteiger partial charge in [-0.3, -0.25) is 0 Å². The molecule has 0 radical (unpaired) electrons. The normalized spacial score (nSPS) is 15.1. The van der Waals surface area contributed by atoms with E-state index in [0.29, 0.717) is 6.54 Å². The van der Waals surface area contributed by atoms with Gasteiger partial charge in [0.25, 0.3) is 0 Å². The second-order valence-corrected chi connectivity index (χ2v) is 7.99. The highest BCUT2D eigenvalue weighted by atomic mass is 32.2. The van der Waals surface area contributed by atoms with E-state index in [4.69, 9.17) is 0 Å². The van der Waals surface area contributed by atoms with E-state index in [9.17, 15) is 13.6 Å². The molecule has 1 heterocycles. The van der Waals surface area contributed by atoms with Crippen molar-refractivity contribution in [3.8, 4) is 5.75 Å². The number of amides is 2. The largest absolute Gasteiger partial charge is 0.435 e. The Morgan fingerprint density at radius 1 is 1.10 bits per heavy atom. The Kier molecular flexibility index (Phi) is 7.57. The summed E-state index contributed by atoms with van der Waals surface area (Å²) in [5.74, 6) is 2.40. The number of anilines is 1. The van der Waals surface area contributed by atoms with Crippen LogP contribution < -0.4 is 20.3 Å². The van der Waals surface area contributed by atoms with Crippen molar-refractivity contribution in [3.63, 3.8) is 0 Å². The maximum Gasteiger partial charge on any atom is 0.387 e. The van der Waals surface area contributed by atoms with Crippen LogP contribution >= 0.6 is 11.8 Å². The number of halogens is 2. The van der Waals surface area contributed by atoms with Gasteiger partial charge in [-0.25, -0.2) is 4.79 Å². The molecule has 2 N–H and O–H groups in total. The number of nitrogens with one attached hydrogen (secondary N) is 2. The van der Waals surface area contributed by atoms with E-state index in [1.807, 2.05) is 30.8 Å². The van der Waals surface area contributed by atoms with Crippen LogP contribution in [0, 0.1) is 0 Å². The quantitative estimate of drug-likeness (QED) is 0.696. The van der Waals surface area contributed by atoms with Crippen LogP contribution in [-0.4, -0.2) is 37.2 Å². The number of alkyl halides is 2. The first-order chi connectivity index (χ1) is 14.0. The van der Waals surface area contributed by atoms with Crippen molar-refractivity contribution in [2.75, 3.05) is 29.5 Å². The SMILES string of the molecule is CC(NC(=O)NCc1ccc(N2CCSCC2)cc1)c1ccc(OC(F)F)cc1. The summed E-state index contributed by atoms with van der Waals surface area (Å²) in [5, 5.41) is 5.69. The third kappa shape index (κ3) is 6.52. The van der Waals surface area contributed by atoms with Gasteiger partial charge in [-0.2, -0.15) is 20.5 Å². The van der Waals surface area contributed by atoms with Crippen molar-refractivity contribution in [2.24, 2.45) is 0 Å². The molecule has 1 saturated heterocycles. The second kappa shape index (κ2) is 10.3. The minimum atomic E-state index is -2.85. The molecule has 2 aromatic carbocycles. The molecule has 1 unspecified atom stereocenters. The van der Waals surface area contributed by atoms with Crippen LogP contribution in [0.5, 0.6) is 5.75 Å². The maximum absolute atomic E-state index is 12.2. The molecule has 29 heavy (non-hydrogen) atoms. The summed E-state index contributed by atoms with van der Waals surface area (Å²) in [7, 11) is 0. The van der Waals surface area contributed by atoms with E-state index in [2.05, 4.69) is 32.4 Å². The molecule has 1 fully saturated rings. The molecule has 0 bridgehead atoms. The van der Waals surface area contributed by atoms with Crippen molar-refractivity contribution in [2.45, 2.75) is 26.1 Å². The van der Waals surface area contributed by atoms with Crippen molar-refractivity contribution in [3.05, 3.63) is 59.7 Å². The first-order valence-electron chi connectivity index (χ1n) is 9.52. The van der Waals surface area contributed by atoms with E-state index >= 15 is 0 Å². The topological polar surface area (TPSA) is 53.6 Å². The average Bonchev–Trinajstić information content (AvgIpc) is 2.73. The monoisotopic (exact) mass is 421 g/mol. The van der Waals surface area contributed by atoms with Gasteiger partial charge < -0.3 is 20.3 Å². The summed E-state index contributed by atoms with van der Waals surface area (Å²) < 4.78 is 28.7. The molecular formula is C21H25F2N3O2S. The molecule has 1 aliphatic heterocycles. The molecule has 0 spiro atoms. The van der Waals surface area contributed by atoms with E-state index in [0.717, 1.165) is 35.7 Å². The van der Waals surface area contributed by atoms with Crippen LogP contribution in [0.15, 0.2) is 48.5 Å². The fourth-order valence-corrected chi connectivity index (χ4v) is 4.00. The highest BCUT2D eigenvalue weighted by Crippen LogP contribution is 2.20. The number of hydrogen-bond acceptors (Lipinski definition) is 4. The lowest BCUT2D eigenvalue weighted by Crippen LogP contribution is -2.36. The predicted octanol–water partition coefficient (Wildman–Crippen LogP) is 4.40. The van der Waals surface area contributed by atoms with E-state index in [1.165, 1.54) is 17.8 Å². The molecule has 1 aliphatic rings. The number of nitrogens with zero attached hydrogens (tertiary/aromatic N) is 1. The first kappa shape index (κ1) is 21.2. The summed E-state index contributed by atoms with van der Waals surface area (Å²) >= 11 is 1.98. The minimum absolute atomic E-state index is 0.0900. The summed E-state index contributed by atoms with van der Waals surface area (Å²) in [4.78, 5) is 14.5. The van der Waals surface area contributed by atoms with Gasteiger partial charge in [-0.1, -0.05) is 24.3 Å². The lowest BCUT2D eigenvalue weighted by Gasteiger charge is -2.28. The fraction of sp³-hybridized carbons (Fsp3) is 0.381. The first-order valence-corrected chi connectivity index (χ1v) is 10.7. The smallest absolute Gasteiger partial charge is 0.387 e. The minimum Gasteiger partial charge on any atom is -0.435 e. The number of rotatable bonds is 7. The van der Waals surface area contributed by atoms with Crippen LogP contribution in [0.3, 0.4) is 0 Å². The zero-order chi connectivity index (χ0) is 20.6. The average molecular weight is 422 g/mol. The molecule has 0 aromatic heterocycles. The van der Waals surface area contributed by atoms with Gasteiger partial charge in [0.1, 0.15) is 5.75 Å². The fourth-order valence-electron chi connectivity index (χ4n) is 3.10. The number of urea groups is 1. The van der Waals surface area contributed by atoms with Crippen LogP contribution in [-0.2, 0) is 6.54 Å². The molecule has 8 heteroatoms. The summed E-state index contributed by atoms with van der Waals surface area (Å²) in [6.07, 6.45) is 0. The van der Waals surface area contributed by atoms with Gasteiger partial charge in [0.15, 0.2) is 0 Å². The lowest BCUT2D eigenvalue weighted by molar-refractivity contribution is -0.0498. The Morgan fingerprint density at radius 3 is 2.38 bits per heavy atom. The molecule has 3 rings (SSSR count). The number of carbonyl (C=O) groups excluding carboxylic acids is 1. The Hall–Kier alpha value is -2.48. The Morgan fingerprint density at radius 2 is 1.76 bits per heavy atom. The van der Waals surface area contributed by atoms with E-state index < -0.39 is 6.61 Å². The zero-order valence-corrected chi connectivity index (χ0v) is 17.1. The van der Waals surface area contributed by atoms with E-state index in [1.54, 1.807) is 12.1 Å². The Balaban J connectivity index is 1.45. The third-order valence-electron chi connectivity index (χ3n) is 4.72. The molecule has 2 amide bonds. The van der Waals surface area contributed by atoms with Gasteiger partial charge in [0.05, 0.1) is 6.04 Å². The standard InChI is InChI=1S/C21H25F2N3O2S/c1-15(17-4-8-19(9-5-17)28-20(22)23)25-21(27)24-14-16-2-6-18(7-3-16)26-10-12-29-13-11-26/h2-9,15,20H,10-14H2,1H3,(H2,24,25,27). The third-order valence-corrected chi connectivity index (χ3v) is 5.66. The molecule has 156 valence electrons. The van der Waals surface area contributed by atoms with Crippen molar-refractivity contribution in [1.29, 1.82) is 0 Å². The van der Waals surface area contributed by atoms with Gasteiger partial charge in [-0.15, -0.1) is 0 Å². The van der Waals surface area contributed by atoms with Crippen molar-refractivity contribution in [1.82, 2.24) is 10.6 Å². The predicted molar refractivity (Wildman–Crippen MR) is 113 cm³/mol. The van der Waals surface area contributed by atoms with Crippen LogP contribution in [0.4, 0.5) is 19.3 Å². The van der Waals surface area contributed by atoms with Crippen molar-refractivity contribution >= 4 is 23.5 Å². The Bertz CT molecular complexity index is 782. The van der Waals surface area contributed by atoms with Gasteiger partial charge >= 0.3 is 12.6 Å². The maximum atomic E-state index is 12.2. The lowest BCUT2D eigenvalue weighted by atomic mass is 10.1. The van der Waals surface area contributed by atoms with E-state index in [-0.39, 0.29) is 17.8 Å². The van der Waals surface area contributed by atoms with Crippen LogP contribution in [0.2, 0.25) is 0 Å². The van der Waals surface area contributed by atoms with Crippen molar-refractivity contribution < 1.29 is 18.3 Å². The molecule has 0 saturated carbocycles. The molecular weight excluding hydrogens is 396 g/mol. The van der Waals surface area contributed by atoms with Crippen LogP contribution in [0.1, 0.15) is 24.1 Å². The number of carbonyl (C=O) groups is 1. The van der Waals surface area contributed by atoms with Gasteiger partial charge in [-0.05, 0) is 42.3 Å². The second-order valence-electron chi connectivity index (χ2n) is 6.76. The Labute approximate surface area is 173 Å². The molecule has 0 aliphatic carbocycles. The number of thioether (sulfide) groups is 1. The van der Waals surface area contributed by atoms with Crippen LogP contribution in [0.25, 0.3) is 0 Å². The highest BCUT2D eigenvalue weighted by molar-refractivity contribution is 7.99. The summed E-state index contributed by atoms with van der Waals surface area (Å²) in [6.45, 7) is 1.54. The number of hydrogen-bond donors (Lipinski definition) is 2. The summed E-state index contributed by atoms with van der Waals surface area (Å²) in [5.41, 5.74) is 3.04. The highest BCUT2D eigenvalue weighted by Gasteiger charge is 2.12. The molecule has 2 aromatic rings. The molecule has 1 atom stereocenters. The molecule has 5 nitrogen and oxygen atoms in total. The summed E-state index contributed by atoms with van der Waals surface area (Å²) in [6, 6.07) is 13.9. The zero-order valence-electron chi connectivity index (χ0n) is 16.2.